The van der Waals surface area contributed by atoms with Gasteiger partial charge in [-0.25, -0.2) is 0 Å². The average molecular weight is 243 g/mol. The van der Waals surface area contributed by atoms with Crippen LogP contribution in [0.2, 0.25) is 0 Å². The topological polar surface area (TPSA) is 3.24 Å². The highest BCUT2D eigenvalue weighted by molar-refractivity contribution is 5.23. The zero-order valence-corrected chi connectivity index (χ0v) is 11.7. The smallest absolute Gasteiger partial charge is 0.00122 e. The van der Waals surface area contributed by atoms with Crippen LogP contribution in [0.1, 0.15) is 37.2 Å². The second-order valence-corrected chi connectivity index (χ2v) is 6.54. The molecule has 18 heavy (non-hydrogen) atoms. The van der Waals surface area contributed by atoms with Crippen LogP contribution in [0, 0.1) is 17.8 Å². The molecule has 0 radical (unpaired) electrons. The molecule has 3 aliphatic carbocycles. The second-order valence-electron chi connectivity index (χ2n) is 6.54. The maximum absolute atomic E-state index is 2.39. The van der Waals surface area contributed by atoms with Gasteiger partial charge in [0.25, 0.3) is 0 Å². The highest BCUT2D eigenvalue weighted by atomic mass is 15.1. The molecule has 1 nitrogen and oxygen atoms in total. The first kappa shape index (κ1) is 12.2. The molecule has 2 bridgehead atoms. The van der Waals surface area contributed by atoms with E-state index in [0.717, 1.165) is 23.7 Å². The molecule has 0 aliphatic heterocycles. The van der Waals surface area contributed by atoms with Crippen LogP contribution in [-0.2, 0) is 0 Å². The zero-order valence-electron chi connectivity index (χ0n) is 11.7. The van der Waals surface area contributed by atoms with Gasteiger partial charge in [0.05, 0.1) is 0 Å². The molecule has 98 valence electrons. The number of benzene rings is 1. The third kappa shape index (κ3) is 2.21. The average Bonchev–Trinajstić information content (AvgIpc) is 2.40. The van der Waals surface area contributed by atoms with Crippen LogP contribution in [0.15, 0.2) is 30.3 Å². The molecular weight excluding hydrogens is 218 g/mol. The molecule has 1 aromatic rings. The molecule has 2 unspecified atom stereocenters. The molecular formula is C17H25N. The van der Waals surface area contributed by atoms with Crippen molar-refractivity contribution in [1.29, 1.82) is 0 Å². The van der Waals surface area contributed by atoms with Gasteiger partial charge in [-0.15, -0.1) is 0 Å². The van der Waals surface area contributed by atoms with Gasteiger partial charge in [-0.2, -0.15) is 0 Å². The summed E-state index contributed by atoms with van der Waals surface area (Å²) in [6.45, 7) is 1.26. The molecule has 1 heteroatoms. The lowest BCUT2D eigenvalue weighted by molar-refractivity contribution is 0.0507. The van der Waals surface area contributed by atoms with Crippen molar-refractivity contribution in [3.8, 4) is 0 Å². The predicted molar refractivity (Wildman–Crippen MR) is 76.7 cm³/mol. The van der Waals surface area contributed by atoms with E-state index < -0.39 is 0 Å². The number of rotatable bonds is 3. The molecule has 0 heterocycles. The van der Waals surface area contributed by atoms with E-state index in [1.54, 1.807) is 5.56 Å². The fourth-order valence-corrected chi connectivity index (χ4v) is 4.45. The number of hydrogen-bond acceptors (Lipinski definition) is 1. The standard InChI is InChI=1S/C17H25N/c1-18(2)12-16-13-8-10-15(11-9-13)17(16)14-6-4-3-5-7-14/h3-7,13,15-17H,8-12H2,1-2H3. The molecule has 0 N–H and O–H groups in total. The van der Waals surface area contributed by atoms with Crippen molar-refractivity contribution < 1.29 is 0 Å². The Morgan fingerprint density at radius 2 is 1.56 bits per heavy atom. The van der Waals surface area contributed by atoms with E-state index in [0.29, 0.717) is 0 Å². The first-order valence-electron chi connectivity index (χ1n) is 7.45. The molecule has 0 spiro atoms. The van der Waals surface area contributed by atoms with Gasteiger partial charge in [0.2, 0.25) is 0 Å². The van der Waals surface area contributed by atoms with Crippen molar-refractivity contribution in [2.45, 2.75) is 31.6 Å². The van der Waals surface area contributed by atoms with Crippen LogP contribution in [0.3, 0.4) is 0 Å². The summed E-state index contributed by atoms with van der Waals surface area (Å²) in [4.78, 5) is 2.39. The van der Waals surface area contributed by atoms with E-state index in [-0.39, 0.29) is 0 Å². The Kier molecular flexibility index (Phi) is 3.43. The monoisotopic (exact) mass is 243 g/mol. The lowest BCUT2D eigenvalue weighted by atomic mass is 9.57. The van der Waals surface area contributed by atoms with E-state index in [9.17, 15) is 0 Å². The second kappa shape index (κ2) is 5.05. The third-order valence-electron chi connectivity index (χ3n) is 5.15. The molecule has 4 rings (SSSR count). The van der Waals surface area contributed by atoms with Gasteiger partial charge >= 0.3 is 0 Å². The Bertz CT molecular complexity index is 376. The third-order valence-corrected chi connectivity index (χ3v) is 5.15. The molecule has 3 fully saturated rings. The number of nitrogens with zero attached hydrogens (tertiary/aromatic N) is 1. The highest BCUT2D eigenvalue weighted by Gasteiger charge is 2.43. The summed E-state index contributed by atoms with van der Waals surface area (Å²) >= 11 is 0. The predicted octanol–water partition coefficient (Wildman–Crippen LogP) is 3.77. The SMILES string of the molecule is CN(C)CC1C2CCC(CC2)C1c1ccccc1. The quantitative estimate of drug-likeness (QED) is 0.781. The molecule has 0 aromatic heterocycles. The van der Waals surface area contributed by atoms with E-state index in [2.05, 4.69) is 49.3 Å². The minimum atomic E-state index is 0.820. The summed E-state index contributed by atoms with van der Waals surface area (Å²) < 4.78 is 0. The largest absolute Gasteiger partial charge is 0.309 e. The summed E-state index contributed by atoms with van der Waals surface area (Å²) in [5, 5.41) is 0. The Balaban J connectivity index is 1.89. The number of hydrogen-bond donors (Lipinski definition) is 0. The van der Waals surface area contributed by atoms with E-state index in [4.69, 9.17) is 0 Å². The first-order valence-corrected chi connectivity index (χ1v) is 7.45. The van der Waals surface area contributed by atoms with E-state index in [1.165, 1.54) is 32.2 Å². The van der Waals surface area contributed by atoms with Crippen LogP contribution in [0.5, 0.6) is 0 Å². The summed E-state index contributed by atoms with van der Waals surface area (Å²) in [5.74, 6) is 3.63. The van der Waals surface area contributed by atoms with Gasteiger partial charge in [0.15, 0.2) is 0 Å². The maximum Gasteiger partial charge on any atom is 0.00122 e. The summed E-state index contributed by atoms with van der Waals surface area (Å²) in [6, 6.07) is 11.3. The van der Waals surface area contributed by atoms with Crippen molar-refractivity contribution >= 4 is 0 Å². The fraction of sp³-hybridized carbons (Fsp3) is 0.647. The zero-order chi connectivity index (χ0) is 12.5. The minimum Gasteiger partial charge on any atom is -0.309 e. The Hall–Kier alpha value is -0.820. The van der Waals surface area contributed by atoms with Crippen molar-refractivity contribution in [3.05, 3.63) is 35.9 Å². The van der Waals surface area contributed by atoms with Gasteiger partial charge < -0.3 is 4.90 Å². The highest BCUT2D eigenvalue weighted by Crippen LogP contribution is 2.53. The summed E-state index contributed by atoms with van der Waals surface area (Å²) in [6.07, 6.45) is 5.89. The van der Waals surface area contributed by atoms with Crippen molar-refractivity contribution in [1.82, 2.24) is 4.90 Å². The van der Waals surface area contributed by atoms with Crippen LogP contribution in [0.4, 0.5) is 0 Å². The van der Waals surface area contributed by atoms with Gasteiger partial charge in [-0.05, 0) is 69.0 Å². The van der Waals surface area contributed by atoms with E-state index in [1.807, 2.05) is 0 Å². The molecule has 0 amide bonds. The van der Waals surface area contributed by atoms with Crippen LogP contribution < -0.4 is 0 Å². The van der Waals surface area contributed by atoms with Crippen molar-refractivity contribution in [2.24, 2.45) is 17.8 Å². The van der Waals surface area contributed by atoms with Gasteiger partial charge in [-0.3, -0.25) is 0 Å². The minimum absolute atomic E-state index is 0.820. The summed E-state index contributed by atoms with van der Waals surface area (Å²) in [5.41, 5.74) is 1.60. The van der Waals surface area contributed by atoms with Crippen molar-refractivity contribution in [2.75, 3.05) is 20.6 Å². The van der Waals surface area contributed by atoms with Gasteiger partial charge in [0, 0.05) is 6.54 Å². The van der Waals surface area contributed by atoms with Gasteiger partial charge in [-0.1, -0.05) is 30.3 Å². The lowest BCUT2D eigenvalue weighted by Gasteiger charge is -2.50. The molecule has 0 saturated heterocycles. The van der Waals surface area contributed by atoms with Gasteiger partial charge in [0.1, 0.15) is 0 Å². The Morgan fingerprint density at radius 3 is 2.17 bits per heavy atom. The van der Waals surface area contributed by atoms with E-state index >= 15 is 0 Å². The lowest BCUT2D eigenvalue weighted by Crippen LogP contribution is -2.43. The molecule has 3 aliphatic rings. The fourth-order valence-electron chi connectivity index (χ4n) is 4.45. The summed E-state index contributed by atoms with van der Waals surface area (Å²) in [7, 11) is 4.45. The maximum atomic E-state index is 2.39. The normalized spacial score (nSPS) is 35.1. The molecule has 3 saturated carbocycles. The van der Waals surface area contributed by atoms with Crippen LogP contribution in [-0.4, -0.2) is 25.5 Å². The molecule has 2 atom stereocenters. The number of fused-ring (bicyclic) bond motifs is 3. The Labute approximate surface area is 111 Å². The van der Waals surface area contributed by atoms with Crippen LogP contribution in [0.25, 0.3) is 0 Å². The Morgan fingerprint density at radius 1 is 0.944 bits per heavy atom. The molecule has 1 aromatic carbocycles. The van der Waals surface area contributed by atoms with Crippen molar-refractivity contribution in [3.63, 3.8) is 0 Å². The first-order chi connectivity index (χ1) is 8.75. The van der Waals surface area contributed by atoms with Crippen LogP contribution >= 0.6 is 0 Å².